The van der Waals surface area contributed by atoms with E-state index in [9.17, 15) is 4.79 Å². The van der Waals surface area contributed by atoms with E-state index in [-0.39, 0.29) is 0 Å². The Kier molecular flexibility index (Phi) is 1.48. The molecule has 0 amide bonds. The minimum Gasteiger partial charge on any atom is -0.478 e. The first-order chi connectivity index (χ1) is 4.30. The number of carbonyl (C=O) groups is 1. The summed E-state index contributed by atoms with van der Waals surface area (Å²) in [4.78, 5) is 10.2. The molecule has 0 unspecified atom stereocenters. The van der Waals surface area contributed by atoms with Crippen LogP contribution in [0.5, 0.6) is 0 Å². The van der Waals surface area contributed by atoms with Crippen LogP contribution in [0.1, 0.15) is 6.42 Å². The van der Waals surface area contributed by atoms with Crippen molar-refractivity contribution in [2.24, 2.45) is 5.10 Å². The Hall–Kier alpha value is -1.32. The monoisotopic (exact) mass is 126 g/mol. The van der Waals surface area contributed by atoms with Gasteiger partial charge < -0.3 is 5.11 Å². The average molecular weight is 126 g/mol. The molecule has 0 bridgehead atoms. The first-order valence-electron chi connectivity index (χ1n) is 2.50. The van der Waals surface area contributed by atoms with E-state index < -0.39 is 5.97 Å². The highest BCUT2D eigenvalue weighted by Gasteiger charge is 2.06. The maximum Gasteiger partial charge on any atom is 0.333 e. The number of carboxylic acid groups (broad SMARTS) is 1. The average Bonchev–Trinajstić information content (AvgIpc) is 1.90. The molecule has 4 nitrogen and oxygen atoms in total. The topological polar surface area (TPSA) is 61.7 Å². The lowest BCUT2D eigenvalue weighted by molar-refractivity contribution is -0.132. The van der Waals surface area contributed by atoms with Gasteiger partial charge in [-0.2, -0.15) is 5.10 Å². The highest BCUT2D eigenvalue weighted by Crippen LogP contribution is 1.99. The van der Waals surface area contributed by atoms with Crippen LogP contribution in [-0.2, 0) is 4.79 Å². The van der Waals surface area contributed by atoms with Gasteiger partial charge in [0.15, 0.2) is 0 Å². The van der Waals surface area contributed by atoms with Gasteiger partial charge in [-0.15, -0.1) is 0 Å². The van der Waals surface area contributed by atoms with E-state index in [4.69, 9.17) is 5.11 Å². The molecular formula is C5H6N2O2. The standard InChI is InChI=1S/C5H6N2O2/c8-5(9)4-1-2-6-7-3-4/h2-3,7H,1H2,(H,8,9). The molecule has 0 fully saturated rings. The minimum atomic E-state index is -0.895. The van der Waals surface area contributed by atoms with Crippen molar-refractivity contribution in [1.29, 1.82) is 0 Å². The second kappa shape index (κ2) is 2.30. The fourth-order valence-electron chi connectivity index (χ4n) is 0.520. The van der Waals surface area contributed by atoms with E-state index in [1.807, 2.05) is 0 Å². The van der Waals surface area contributed by atoms with E-state index in [1.54, 1.807) is 0 Å². The number of aliphatic carboxylic acids is 1. The lowest BCUT2D eigenvalue weighted by Crippen LogP contribution is -2.10. The second-order valence-corrected chi connectivity index (χ2v) is 1.62. The summed E-state index contributed by atoms with van der Waals surface area (Å²) >= 11 is 0. The first-order valence-corrected chi connectivity index (χ1v) is 2.50. The number of hydrogen-bond acceptors (Lipinski definition) is 3. The number of rotatable bonds is 1. The van der Waals surface area contributed by atoms with Crippen molar-refractivity contribution in [2.75, 3.05) is 0 Å². The maximum absolute atomic E-state index is 10.2. The van der Waals surface area contributed by atoms with Crippen LogP contribution in [0.25, 0.3) is 0 Å². The molecule has 0 aliphatic carbocycles. The predicted octanol–water partition coefficient (Wildman–Crippen LogP) is -0.0660. The Balaban J connectivity index is 2.61. The van der Waals surface area contributed by atoms with Crippen molar-refractivity contribution in [2.45, 2.75) is 6.42 Å². The summed E-state index contributed by atoms with van der Waals surface area (Å²) in [5, 5.41) is 12.0. The van der Waals surface area contributed by atoms with Crippen LogP contribution < -0.4 is 5.43 Å². The molecule has 9 heavy (non-hydrogen) atoms. The molecule has 0 aromatic heterocycles. The van der Waals surface area contributed by atoms with Gasteiger partial charge in [-0.3, -0.25) is 5.43 Å². The summed E-state index contributed by atoms with van der Waals surface area (Å²) in [5.74, 6) is -0.895. The largest absolute Gasteiger partial charge is 0.478 e. The summed E-state index contributed by atoms with van der Waals surface area (Å²) in [6.45, 7) is 0. The molecule has 0 atom stereocenters. The van der Waals surface area contributed by atoms with Gasteiger partial charge >= 0.3 is 5.97 Å². The summed E-state index contributed by atoms with van der Waals surface area (Å²) in [5.41, 5.74) is 2.78. The molecule has 1 aliphatic rings. The molecule has 1 rings (SSSR count). The van der Waals surface area contributed by atoms with Gasteiger partial charge in [0.2, 0.25) is 0 Å². The lowest BCUT2D eigenvalue weighted by Gasteiger charge is -2.01. The van der Waals surface area contributed by atoms with Gasteiger partial charge in [0, 0.05) is 18.8 Å². The third-order valence-corrected chi connectivity index (χ3v) is 0.991. The molecule has 4 heteroatoms. The molecule has 0 aromatic carbocycles. The van der Waals surface area contributed by atoms with Gasteiger partial charge in [0.05, 0.1) is 5.57 Å². The van der Waals surface area contributed by atoms with E-state index in [0.717, 1.165) is 0 Å². The van der Waals surface area contributed by atoms with Crippen LogP contribution in [0, 0.1) is 0 Å². The van der Waals surface area contributed by atoms with Gasteiger partial charge in [-0.05, 0) is 0 Å². The molecule has 0 saturated carbocycles. The Labute approximate surface area is 51.9 Å². The lowest BCUT2D eigenvalue weighted by atomic mass is 10.2. The predicted molar refractivity (Wildman–Crippen MR) is 32.0 cm³/mol. The molecule has 1 heterocycles. The Bertz CT molecular complexity index is 183. The highest BCUT2D eigenvalue weighted by molar-refractivity contribution is 5.90. The van der Waals surface area contributed by atoms with Crippen molar-refractivity contribution in [3.63, 3.8) is 0 Å². The molecule has 0 saturated heterocycles. The Morgan fingerprint density at radius 2 is 2.67 bits per heavy atom. The molecule has 0 aromatic rings. The van der Waals surface area contributed by atoms with Crippen LogP contribution in [0.3, 0.4) is 0 Å². The van der Waals surface area contributed by atoms with Crippen LogP contribution in [0.4, 0.5) is 0 Å². The smallest absolute Gasteiger partial charge is 0.333 e. The second-order valence-electron chi connectivity index (χ2n) is 1.62. The minimum absolute atomic E-state index is 0.338. The first kappa shape index (κ1) is 5.81. The summed E-state index contributed by atoms with van der Waals surface area (Å²) in [6.07, 6.45) is 3.30. The number of hydrazone groups is 1. The summed E-state index contributed by atoms with van der Waals surface area (Å²) in [7, 11) is 0. The molecular weight excluding hydrogens is 120 g/mol. The van der Waals surface area contributed by atoms with E-state index in [1.165, 1.54) is 12.4 Å². The van der Waals surface area contributed by atoms with Crippen molar-refractivity contribution in [3.8, 4) is 0 Å². The number of hydrogen-bond donors (Lipinski definition) is 2. The summed E-state index contributed by atoms with van der Waals surface area (Å²) < 4.78 is 0. The van der Waals surface area contributed by atoms with E-state index >= 15 is 0 Å². The molecule has 1 aliphatic heterocycles. The van der Waals surface area contributed by atoms with Crippen molar-refractivity contribution in [1.82, 2.24) is 5.43 Å². The molecule has 2 N–H and O–H groups in total. The van der Waals surface area contributed by atoms with Crippen LogP contribution in [0.2, 0.25) is 0 Å². The number of nitrogens with one attached hydrogen (secondary N) is 1. The van der Waals surface area contributed by atoms with Gasteiger partial charge in [0.25, 0.3) is 0 Å². The zero-order chi connectivity index (χ0) is 6.69. The number of carboxylic acids is 1. The zero-order valence-corrected chi connectivity index (χ0v) is 4.66. The van der Waals surface area contributed by atoms with Gasteiger partial charge in [-0.25, -0.2) is 4.79 Å². The van der Waals surface area contributed by atoms with Crippen LogP contribution in [-0.4, -0.2) is 17.3 Å². The molecule has 0 spiro atoms. The van der Waals surface area contributed by atoms with Crippen LogP contribution in [0.15, 0.2) is 16.9 Å². The maximum atomic E-state index is 10.2. The fraction of sp³-hybridized carbons (Fsp3) is 0.200. The number of nitrogens with zero attached hydrogens (tertiary/aromatic N) is 1. The van der Waals surface area contributed by atoms with Crippen molar-refractivity contribution >= 4 is 12.2 Å². The molecule has 0 radical (unpaired) electrons. The quantitative estimate of drug-likeness (QED) is 0.517. The summed E-state index contributed by atoms with van der Waals surface area (Å²) in [6, 6.07) is 0. The zero-order valence-electron chi connectivity index (χ0n) is 4.66. The third-order valence-electron chi connectivity index (χ3n) is 0.991. The van der Waals surface area contributed by atoms with E-state index in [2.05, 4.69) is 10.5 Å². The van der Waals surface area contributed by atoms with E-state index in [0.29, 0.717) is 12.0 Å². The highest BCUT2D eigenvalue weighted by atomic mass is 16.4. The van der Waals surface area contributed by atoms with Gasteiger partial charge in [0.1, 0.15) is 0 Å². The van der Waals surface area contributed by atoms with Gasteiger partial charge in [-0.1, -0.05) is 0 Å². The van der Waals surface area contributed by atoms with Crippen molar-refractivity contribution in [3.05, 3.63) is 11.8 Å². The fourth-order valence-corrected chi connectivity index (χ4v) is 0.520. The Morgan fingerprint density at radius 1 is 1.89 bits per heavy atom. The van der Waals surface area contributed by atoms with Crippen molar-refractivity contribution < 1.29 is 9.90 Å². The molecule has 48 valence electrons. The SMILES string of the molecule is O=C(O)C1=CNN=CC1. The van der Waals surface area contributed by atoms with Crippen LogP contribution >= 0.6 is 0 Å². The third kappa shape index (κ3) is 1.28. The normalized spacial score (nSPS) is 16.2. The Morgan fingerprint density at radius 3 is 3.00 bits per heavy atom.